The maximum atomic E-state index is 13.7. The topological polar surface area (TPSA) is 35.9 Å². The minimum atomic E-state index is -0.0399. The summed E-state index contributed by atoms with van der Waals surface area (Å²) < 4.78 is 0. The molecule has 0 bridgehead atoms. The van der Waals surface area contributed by atoms with Crippen molar-refractivity contribution in [2.75, 3.05) is 16.8 Å². The lowest BCUT2D eigenvalue weighted by atomic mass is 10.1. The molecule has 4 nitrogen and oxygen atoms in total. The summed E-state index contributed by atoms with van der Waals surface area (Å²) in [5.74, 6) is -0.0399. The molecule has 0 aliphatic carbocycles. The first-order valence-corrected chi connectivity index (χ1v) is 11.6. The molecular weight excluding hydrogens is 422 g/mol. The molecular formula is C25H21N3OS2. The van der Waals surface area contributed by atoms with Crippen LogP contribution < -0.4 is 9.80 Å². The van der Waals surface area contributed by atoms with Gasteiger partial charge in [-0.15, -0.1) is 0 Å². The average Bonchev–Trinajstić information content (AvgIpc) is 3.27. The van der Waals surface area contributed by atoms with Gasteiger partial charge in [-0.3, -0.25) is 9.69 Å². The van der Waals surface area contributed by atoms with Crippen molar-refractivity contribution in [3.05, 3.63) is 93.9 Å². The van der Waals surface area contributed by atoms with Crippen molar-refractivity contribution >= 4 is 51.7 Å². The molecule has 2 heterocycles. The third-order valence-electron chi connectivity index (χ3n) is 5.30. The highest BCUT2D eigenvalue weighted by Crippen LogP contribution is 2.50. The third-order valence-corrected chi connectivity index (χ3v) is 7.69. The molecule has 0 atom stereocenters. The number of aryl methyl sites for hydroxylation is 2. The molecule has 2 aliphatic heterocycles. The molecule has 0 radical (unpaired) electrons. The molecule has 0 N–H and O–H groups in total. The first-order chi connectivity index (χ1) is 15.0. The fourth-order valence-electron chi connectivity index (χ4n) is 3.72. The van der Waals surface area contributed by atoms with Gasteiger partial charge in [0.15, 0.2) is 5.17 Å². The molecule has 0 unspecified atom stereocenters. The highest BCUT2D eigenvalue weighted by molar-refractivity contribution is 8.20. The number of hydrogen-bond acceptors (Lipinski definition) is 5. The molecule has 1 saturated heterocycles. The van der Waals surface area contributed by atoms with Crippen LogP contribution in [0, 0.1) is 13.8 Å². The number of fused-ring (bicyclic) bond motifs is 1. The second kappa shape index (κ2) is 7.94. The van der Waals surface area contributed by atoms with Gasteiger partial charge in [0.1, 0.15) is 4.91 Å². The number of anilines is 2. The van der Waals surface area contributed by atoms with E-state index in [4.69, 9.17) is 4.99 Å². The van der Waals surface area contributed by atoms with E-state index >= 15 is 0 Å². The first-order valence-electron chi connectivity index (χ1n) is 10.0. The first kappa shape index (κ1) is 20.0. The fourth-order valence-corrected chi connectivity index (χ4v) is 6.06. The maximum absolute atomic E-state index is 13.7. The Morgan fingerprint density at radius 2 is 1.61 bits per heavy atom. The number of amides is 1. The van der Waals surface area contributed by atoms with Crippen LogP contribution >= 0.6 is 23.5 Å². The second-order valence-electron chi connectivity index (χ2n) is 7.53. The number of rotatable bonds is 2. The van der Waals surface area contributed by atoms with Crippen LogP contribution in [0.2, 0.25) is 0 Å². The number of hydrogen-bond donors (Lipinski definition) is 0. The van der Waals surface area contributed by atoms with Gasteiger partial charge in [-0.25, -0.2) is 4.99 Å². The largest absolute Gasteiger partial charge is 0.337 e. The van der Waals surface area contributed by atoms with Crippen LogP contribution in [-0.2, 0) is 4.79 Å². The molecule has 0 aromatic heterocycles. The second-order valence-corrected chi connectivity index (χ2v) is 9.53. The summed E-state index contributed by atoms with van der Waals surface area (Å²) in [7, 11) is 2.02. The Labute approximate surface area is 190 Å². The molecule has 1 amide bonds. The number of para-hydroxylation sites is 2. The van der Waals surface area contributed by atoms with Crippen LogP contribution in [0.25, 0.3) is 0 Å². The van der Waals surface area contributed by atoms with E-state index in [-0.39, 0.29) is 5.91 Å². The van der Waals surface area contributed by atoms with Gasteiger partial charge >= 0.3 is 0 Å². The number of thioether (sulfide) groups is 2. The predicted octanol–water partition coefficient (Wildman–Crippen LogP) is 6.48. The molecule has 2 aliphatic rings. The monoisotopic (exact) mass is 443 g/mol. The van der Waals surface area contributed by atoms with Gasteiger partial charge in [0, 0.05) is 11.9 Å². The molecule has 6 heteroatoms. The molecule has 1 fully saturated rings. The van der Waals surface area contributed by atoms with Crippen molar-refractivity contribution in [1.82, 2.24) is 0 Å². The lowest BCUT2D eigenvalue weighted by Gasteiger charge is -2.17. The van der Waals surface area contributed by atoms with Gasteiger partial charge in [-0.05, 0) is 61.5 Å². The Morgan fingerprint density at radius 1 is 0.871 bits per heavy atom. The zero-order valence-electron chi connectivity index (χ0n) is 17.5. The molecule has 0 saturated carbocycles. The SMILES string of the molecule is Cc1ccc(N=C2SC(=C3Sc4ccccc4N3C)C(=O)N2c2ccccc2)c(C)c1. The van der Waals surface area contributed by atoms with Crippen molar-refractivity contribution in [2.24, 2.45) is 4.99 Å². The zero-order valence-corrected chi connectivity index (χ0v) is 19.1. The lowest BCUT2D eigenvalue weighted by molar-refractivity contribution is -0.113. The minimum absolute atomic E-state index is 0.0399. The van der Waals surface area contributed by atoms with E-state index in [1.807, 2.05) is 55.6 Å². The van der Waals surface area contributed by atoms with Crippen LogP contribution in [0.15, 0.2) is 92.6 Å². The van der Waals surface area contributed by atoms with Crippen LogP contribution in [0.5, 0.6) is 0 Å². The predicted molar refractivity (Wildman–Crippen MR) is 132 cm³/mol. The Bertz CT molecular complexity index is 1250. The maximum Gasteiger partial charge on any atom is 0.274 e. The van der Waals surface area contributed by atoms with E-state index in [1.165, 1.54) is 17.3 Å². The number of benzene rings is 3. The van der Waals surface area contributed by atoms with E-state index in [2.05, 4.69) is 43.0 Å². The number of carbonyl (C=O) groups excluding carboxylic acids is 1. The summed E-state index contributed by atoms with van der Waals surface area (Å²) in [6.07, 6.45) is 0. The fraction of sp³-hybridized carbons (Fsp3) is 0.120. The number of amidine groups is 1. The van der Waals surface area contributed by atoms with Gasteiger partial charge < -0.3 is 4.90 Å². The van der Waals surface area contributed by atoms with E-state index in [1.54, 1.807) is 16.7 Å². The van der Waals surface area contributed by atoms with Crippen LogP contribution in [0.3, 0.4) is 0 Å². The smallest absolute Gasteiger partial charge is 0.274 e. The van der Waals surface area contributed by atoms with Gasteiger partial charge in [-0.2, -0.15) is 0 Å². The lowest BCUT2D eigenvalue weighted by Crippen LogP contribution is -2.29. The highest BCUT2D eigenvalue weighted by atomic mass is 32.2. The summed E-state index contributed by atoms with van der Waals surface area (Å²) in [6.45, 7) is 4.12. The molecule has 31 heavy (non-hydrogen) atoms. The molecule has 0 spiro atoms. The Morgan fingerprint density at radius 3 is 2.35 bits per heavy atom. The Kier molecular flexibility index (Phi) is 5.12. The minimum Gasteiger partial charge on any atom is -0.337 e. The Hall–Kier alpha value is -2.96. The van der Waals surface area contributed by atoms with Gasteiger partial charge in [0.25, 0.3) is 5.91 Å². The van der Waals surface area contributed by atoms with E-state index < -0.39 is 0 Å². The quantitative estimate of drug-likeness (QED) is 0.425. The Balaban J connectivity index is 1.63. The van der Waals surface area contributed by atoms with E-state index in [0.29, 0.717) is 10.1 Å². The molecule has 3 aromatic carbocycles. The van der Waals surface area contributed by atoms with E-state index in [0.717, 1.165) is 32.6 Å². The third kappa shape index (κ3) is 3.56. The van der Waals surface area contributed by atoms with Crippen LogP contribution in [0.4, 0.5) is 17.1 Å². The van der Waals surface area contributed by atoms with Gasteiger partial charge in [0.2, 0.25) is 0 Å². The van der Waals surface area contributed by atoms with Crippen LogP contribution in [-0.4, -0.2) is 18.1 Å². The standard InChI is InChI=1S/C25H21N3OS2/c1-16-13-14-19(17(2)15-16)26-25-28(18-9-5-4-6-10-18)23(29)22(31-25)24-27(3)20-11-7-8-12-21(20)30-24/h4-15H,1-3H3. The van der Waals surface area contributed by atoms with Crippen LogP contribution in [0.1, 0.15) is 11.1 Å². The average molecular weight is 444 g/mol. The molecule has 5 rings (SSSR count). The summed E-state index contributed by atoms with van der Waals surface area (Å²) in [5, 5.41) is 1.62. The number of aliphatic imine (C=N–C) groups is 1. The van der Waals surface area contributed by atoms with Crippen molar-refractivity contribution in [2.45, 2.75) is 18.7 Å². The van der Waals surface area contributed by atoms with Gasteiger partial charge in [0.05, 0.1) is 22.1 Å². The highest BCUT2D eigenvalue weighted by Gasteiger charge is 2.40. The van der Waals surface area contributed by atoms with Gasteiger partial charge in [-0.1, -0.05) is 59.8 Å². The number of carbonyl (C=O) groups is 1. The summed E-state index contributed by atoms with van der Waals surface area (Å²) in [4.78, 5) is 24.3. The van der Waals surface area contributed by atoms with Crippen molar-refractivity contribution in [3.8, 4) is 0 Å². The van der Waals surface area contributed by atoms with Crippen molar-refractivity contribution in [3.63, 3.8) is 0 Å². The summed E-state index contributed by atoms with van der Waals surface area (Å²) in [5.41, 5.74) is 5.11. The van der Waals surface area contributed by atoms with Crippen molar-refractivity contribution in [1.29, 1.82) is 0 Å². The number of nitrogens with zero attached hydrogens (tertiary/aromatic N) is 3. The summed E-state index contributed by atoms with van der Waals surface area (Å²) in [6, 6.07) is 24.1. The zero-order chi connectivity index (χ0) is 21.5. The molecule has 154 valence electrons. The summed E-state index contributed by atoms with van der Waals surface area (Å²) >= 11 is 3.08. The normalized spacial score (nSPS) is 19.5. The molecule has 3 aromatic rings. The van der Waals surface area contributed by atoms with E-state index in [9.17, 15) is 4.79 Å². The van der Waals surface area contributed by atoms with Crippen molar-refractivity contribution < 1.29 is 4.79 Å².